The molecule has 24 heavy (non-hydrogen) atoms. The Morgan fingerprint density at radius 1 is 1.46 bits per heavy atom. The molecule has 1 fully saturated rings. The van der Waals surface area contributed by atoms with Crippen molar-refractivity contribution in [1.29, 1.82) is 10.5 Å². The fraction of sp³-hybridized carbons (Fsp3) is 0.529. The number of hydrogen-bond acceptors (Lipinski definition) is 6. The molecule has 7 nitrogen and oxygen atoms in total. The Bertz CT molecular complexity index is 655. The van der Waals surface area contributed by atoms with Gasteiger partial charge < -0.3 is 15.5 Å². The lowest BCUT2D eigenvalue weighted by atomic mass is 10.1. The molecule has 1 amide bonds. The standard InChI is InChI=1S/C17H22N6O/c1-17(2,12-21-15-6-5-13(8-18)10-20-15)22-11-16(24)23-7-3-4-14(23)9-19/h5-6,10,14,22H,3-4,7,11-12H2,1-2H3,(H,20,21)/t14-/m0/s1. The van der Waals surface area contributed by atoms with E-state index in [4.69, 9.17) is 10.5 Å². The molecule has 2 N–H and O–H groups in total. The first-order valence-corrected chi connectivity index (χ1v) is 7.99. The summed E-state index contributed by atoms with van der Waals surface area (Å²) >= 11 is 0. The number of nitrogens with one attached hydrogen (secondary N) is 2. The Morgan fingerprint density at radius 3 is 2.88 bits per heavy atom. The summed E-state index contributed by atoms with van der Waals surface area (Å²) in [5.41, 5.74) is 0.189. The van der Waals surface area contributed by atoms with Crippen LogP contribution in [0.25, 0.3) is 0 Å². The highest BCUT2D eigenvalue weighted by molar-refractivity contribution is 5.79. The number of amides is 1. The first kappa shape index (κ1) is 17.7. The normalized spacial score (nSPS) is 17.2. The predicted octanol–water partition coefficient (Wildman–Crippen LogP) is 1.25. The van der Waals surface area contributed by atoms with Gasteiger partial charge in [-0.1, -0.05) is 0 Å². The van der Waals surface area contributed by atoms with E-state index in [9.17, 15) is 4.79 Å². The van der Waals surface area contributed by atoms with Crippen LogP contribution in [-0.4, -0.2) is 47.0 Å². The van der Waals surface area contributed by atoms with Gasteiger partial charge in [-0.05, 0) is 38.8 Å². The minimum atomic E-state index is -0.326. The third kappa shape index (κ3) is 4.68. The molecule has 2 heterocycles. The number of hydrogen-bond donors (Lipinski definition) is 2. The molecular weight excluding hydrogens is 304 g/mol. The maximum atomic E-state index is 12.3. The molecule has 0 bridgehead atoms. The predicted molar refractivity (Wildman–Crippen MR) is 89.9 cm³/mol. The Morgan fingerprint density at radius 2 is 2.25 bits per heavy atom. The van der Waals surface area contributed by atoms with E-state index in [1.807, 2.05) is 19.9 Å². The van der Waals surface area contributed by atoms with Crippen LogP contribution in [0.4, 0.5) is 5.82 Å². The number of nitrogens with zero attached hydrogens (tertiary/aromatic N) is 4. The SMILES string of the molecule is CC(C)(CNc1ccc(C#N)cn1)NCC(=O)N1CCC[C@H]1C#N. The second kappa shape index (κ2) is 7.76. The Labute approximate surface area is 142 Å². The van der Waals surface area contributed by atoms with Crippen LogP contribution in [0.5, 0.6) is 0 Å². The highest BCUT2D eigenvalue weighted by Gasteiger charge is 2.29. The molecule has 1 saturated heterocycles. The van der Waals surface area contributed by atoms with Crippen molar-refractivity contribution < 1.29 is 4.79 Å². The van der Waals surface area contributed by atoms with Crippen LogP contribution >= 0.6 is 0 Å². The molecule has 0 unspecified atom stereocenters. The summed E-state index contributed by atoms with van der Waals surface area (Å²) in [5.74, 6) is 0.642. The molecule has 7 heteroatoms. The van der Waals surface area contributed by atoms with E-state index in [1.165, 1.54) is 6.20 Å². The third-order valence-electron chi connectivity index (χ3n) is 4.04. The van der Waals surface area contributed by atoms with Crippen molar-refractivity contribution in [1.82, 2.24) is 15.2 Å². The number of anilines is 1. The summed E-state index contributed by atoms with van der Waals surface area (Å²) in [6.45, 7) is 5.41. The van der Waals surface area contributed by atoms with Crippen molar-refractivity contribution in [2.75, 3.05) is 25.0 Å². The van der Waals surface area contributed by atoms with Crippen molar-refractivity contribution in [2.45, 2.75) is 38.3 Å². The fourth-order valence-corrected chi connectivity index (χ4v) is 2.55. The second-order valence-electron chi connectivity index (χ2n) is 6.51. The molecule has 0 saturated carbocycles. The monoisotopic (exact) mass is 326 g/mol. The van der Waals surface area contributed by atoms with E-state index in [1.54, 1.807) is 17.0 Å². The summed E-state index contributed by atoms with van der Waals surface area (Å²) < 4.78 is 0. The zero-order valence-corrected chi connectivity index (χ0v) is 14.0. The summed E-state index contributed by atoms with van der Waals surface area (Å²) in [7, 11) is 0. The van der Waals surface area contributed by atoms with Gasteiger partial charge in [0.05, 0.1) is 18.2 Å². The largest absolute Gasteiger partial charge is 0.368 e. The maximum absolute atomic E-state index is 12.3. The quantitative estimate of drug-likeness (QED) is 0.815. The number of carbonyl (C=O) groups is 1. The molecule has 0 aliphatic carbocycles. The topological polar surface area (TPSA) is 105 Å². The Balaban J connectivity index is 1.81. The van der Waals surface area contributed by atoms with Crippen LogP contribution in [0.2, 0.25) is 0 Å². The van der Waals surface area contributed by atoms with Gasteiger partial charge in [-0.3, -0.25) is 4.79 Å². The van der Waals surface area contributed by atoms with Crippen LogP contribution in [-0.2, 0) is 4.79 Å². The van der Waals surface area contributed by atoms with E-state index in [-0.39, 0.29) is 24.0 Å². The summed E-state index contributed by atoms with van der Waals surface area (Å²) in [5, 5.41) is 24.2. The number of likely N-dealkylation sites (tertiary alicyclic amines) is 1. The molecule has 2 rings (SSSR count). The maximum Gasteiger partial charge on any atom is 0.237 e. The summed E-state index contributed by atoms with van der Waals surface area (Å²) in [6.07, 6.45) is 3.17. The van der Waals surface area contributed by atoms with Crippen molar-refractivity contribution in [3.8, 4) is 12.1 Å². The molecule has 0 radical (unpaired) electrons. The number of nitriles is 2. The zero-order chi connectivity index (χ0) is 17.6. The van der Waals surface area contributed by atoms with Gasteiger partial charge in [0.1, 0.15) is 17.9 Å². The average Bonchev–Trinajstić information content (AvgIpc) is 3.07. The van der Waals surface area contributed by atoms with Crippen molar-refractivity contribution in [2.24, 2.45) is 0 Å². The third-order valence-corrected chi connectivity index (χ3v) is 4.04. The highest BCUT2D eigenvalue weighted by atomic mass is 16.2. The number of pyridine rings is 1. The van der Waals surface area contributed by atoms with Gasteiger partial charge in [0.2, 0.25) is 5.91 Å². The molecule has 0 aromatic carbocycles. The highest BCUT2D eigenvalue weighted by Crippen LogP contribution is 2.16. The van der Waals surface area contributed by atoms with Crippen LogP contribution in [0, 0.1) is 22.7 Å². The Hall–Kier alpha value is -2.64. The van der Waals surface area contributed by atoms with Gasteiger partial charge in [0, 0.05) is 24.8 Å². The minimum absolute atomic E-state index is 0.0383. The average molecular weight is 326 g/mol. The van der Waals surface area contributed by atoms with E-state index < -0.39 is 0 Å². The molecule has 126 valence electrons. The van der Waals surface area contributed by atoms with Crippen LogP contribution < -0.4 is 10.6 Å². The van der Waals surface area contributed by atoms with Crippen molar-refractivity contribution in [3.05, 3.63) is 23.9 Å². The van der Waals surface area contributed by atoms with E-state index >= 15 is 0 Å². The van der Waals surface area contributed by atoms with Gasteiger partial charge in [-0.2, -0.15) is 10.5 Å². The minimum Gasteiger partial charge on any atom is -0.368 e. The van der Waals surface area contributed by atoms with Crippen LogP contribution in [0.15, 0.2) is 18.3 Å². The summed E-state index contributed by atoms with van der Waals surface area (Å²) in [6, 6.07) is 7.37. The molecular formula is C17H22N6O. The van der Waals surface area contributed by atoms with Crippen LogP contribution in [0.3, 0.4) is 0 Å². The lowest BCUT2D eigenvalue weighted by Crippen LogP contribution is -2.50. The molecule has 1 atom stereocenters. The van der Waals surface area contributed by atoms with Gasteiger partial charge in [0.15, 0.2) is 0 Å². The van der Waals surface area contributed by atoms with Gasteiger partial charge >= 0.3 is 0 Å². The Kier molecular flexibility index (Phi) is 5.73. The zero-order valence-electron chi connectivity index (χ0n) is 14.0. The molecule has 1 aliphatic rings. The van der Waals surface area contributed by atoms with E-state index in [0.717, 1.165) is 12.8 Å². The summed E-state index contributed by atoms with van der Waals surface area (Å²) in [4.78, 5) is 18.1. The van der Waals surface area contributed by atoms with Gasteiger partial charge in [0.25, 0.3) is 0 Å². The lowest BCUT2D eigenvalue weighted by Gasteiger charge is -2.28. The second-order valence-corrected chi connectivity index (χ2v) is 6.51. The lowest BCUT2D eigenvalue weighted by molar-refractivity contribution is -0.130. The number of carbonyl (C=O) groups excluding carboxylic acids is 1. The van der Waals surface area contributed by atoms with E-state index in [0.29, 0.717) is 24.5 Å². The number of aromatic nitrogens is 1. The first-order valence-electron chi connectivity index (χ1n) is 7.99. The molecule has 1 aromatic rings. The fourth-order valence-electron chi connectivity index (χ4n) is 2.55. The van der Waals surface area contributed by atoms with E-state index in [2.05, 4.69) is 21.7 Å². The molecule has 0 spiro atoms. The van der Waals surface area contributed by atoms with Gasteiger partial charge in [-0.25, -0.2) is 4.98 Å². The van der Waals surface area contributed by atoms with Crippen LogP contribution in [0.1, 0.15) is 32.3 Å². The van der Waals surface area contributed by atoms with Gasteiger partial charge in [-0.15, -0.1) is 0 Å². The molecule has 1 aliphatic heterocycles. The molecule has 1 aromatic heterocycles. The first-order chi connectivity index (χ1) is 11.4. The van der Waals surface area contributed by atoms with Crippen molar-refractivity contribution >= 4 is 11.7 Å². The number of rotatable bonds is 6. The smallest absolute Gasteiger partial charge is 0.237 e. The van der Waals surface area contributed by atoms with Crippen molar-refractivity contribution in [3.63, 3.8) is 0 Å².